The van der Waals surface area contributed by atoms with E-state index in [1.54, 1.807) is 0 Å². The topological polar surface area (TPSA) is 55.8 Å². The number of ether oxygens (including phenoxy) is 2. The average molecular weight is 158 g/mol. The number of aliphatic hydroxyl groups is 1. The van der Waals surface area contributed by atoms with Crippen molar-refractivity contribution in [3.05, 3.63) is 24.7 Å². The lowest BCUT2D eigenvalue weighted by atomic mass is 10.6. The second-order valence-electron chi connectivity index (χ2n) is 1.61. The van der Waals surface area contributed by atoms with Crippen molar-refractivity contribution >= 4 is 5.97 Å². The van der Waals surface area contributed by atoms with Gasteiger partial charge in [-0.1, -0.05) is 12.7 Å². The second-order valence-corrected chi connectivity index (χ2v) is 1.61. The van der Waals surface area contributed by atoms with Crippen LogP contribution in [-0.4, -0.2) is 24.8 Å². The van der Waals surface area contributed by atoms with Crippen LogP contribution in [-0.2, 0) is 14.3 Å². The van der Waals surface area contributed by atoms with Gasteiger partial charge in [-0.05, 0) is 0 Å². The van der Waals surface area contributed by atoms with E-state index in [0.29, 0.717) is 0 Å². The van der Waals surface area contributed by atoms with Crippen LogP contribution in [0.25, 0.3) is 0 Å². The maximum Gasteiger partial charge on any atom is 0.338 e. The average Bonchev–Trinajstić information content (AvgIpc) is 2.00. The number of carbonyl (C=O) groups is 1. The second kappa shape index (κ2) is 5.34. The van der Waals surface area contributed by atoms with E-state index >= 15 is 0 Å². The number of hydrogen-bond acceptors (Lipinski definition) is 4. The summed E-state index contributed by atoms with van der Waals surface area (Å²) >= 11 is 0. The molecule has 0 aromatic rings. The molecule has 0 aromatic heterocycles. The predicted molar refractivity (Wildman–Crippen MR) is 38.9 cm³/mol. The summed E-state index contributed by atoms with van der Waals surface area (Å²) in [7, 11) is 1.24. The molecule has 62 valence electrons. The summed E-state index contributed by atoms with van der Waals surface area (Å²) in [5.74, 6) is -1.14. The summed E-state index contributed by atoms with van der Waals surface area (Å²) in [4.78, 5) is 10.6. The van der Waals surface area contributed by atoms with Crippen molar-refractivity contribution in [2.75, 3.05) is 13.7 Å². The first-order valence-corrected chi connectivity index (χ1v) is 2.93. The van der Waals surface area contributed by atoms with Gasteiger partial charge in [0.25, 0.3) is 5.95 Å². The molecule has 0 heterocycles. The molecule has 1 N–H and O–H groups in total. The van der Waals surface area contributed by atoms with E-state index in [-0.39, 0.29) is 6.61 Å². The van der Waals surface area contributed by atoms with Gasteiger partial charge in [0.2, 0.25) is 0 Å². The molecule has 0 bridgehead atoms. The molecule has 4 heteroatoms. The Hall–Kier alpha value is -1.45. The molecule has 0 amide bonds. The molecular weight excluding hydrogens is 148 g/mol. The van der Waals surface area contributed by atoms with Crippen LogP contribution in [0.2, 0.25) is 0 Å². The fourth-order valence-electron chi connectivity index (χ4n) is 0.342. The van der Waals surface area contributed by atoms with Crippen molar-refractivity contribution in [3.8, 4) is 0 Å². The summed E-state index contributed by atoms with van der Waals surface area (Å²) in [6.07, 6.45) is 2.26. The first-order chi connectivity index (χ1) is 5.20. The Kier molecular flexibility index (Phi) is 4.64. The van der Waals surface area contributed by atoms with E-state index < -0.39 is 11.9 Å². The van der Waals surface area contributed by atoms with E-state index in [2.05, 4.69) is 16.1 Å². The molecule has 4 nitrogen and oxygen atoms in total. The fourth-order valence-corrected chi connectivity index (χ4v) is 0.342. The summed E-state index contributed by atoms with van der Waals surface area (Å²) in [5, 5.41) is 8.64. The number of esters is 1. The van der Waals surface area contributed by atoms with Gasteiger partial charge in [0.15, 0.2) is 0 Å². The molecule has 0 aliphatic rings. The summed E-state index contributed by atoms with van der Waals surface area (Å²) in [5.41, 5.74) is 0. The Bertz CT molecular complexity index is 171. The van der Waals surface area contributed by atoms with Crippen LogP contribution in [0.4, 0.5) is 0 Å². The van der Waals surface area contributed by atoms with Crippen LogP contribution in [0, 0.1) is 0 Å². The van der Waals surface area contributed by atoms with Crippen molar-refractivity contribution in [2.24, 2.45) is 0 Å². The quantitative estimate of drug-likeness (QED) is 0.284. The zero-order valence-corrected chi connectivity index (χ0v) is 6.24. The van der Waals surface area contributed by atoms with Gasteiger partial charge >= 0.3 is 5.97 Å². The SMILES string of the molecule is C=CCOC(=O)C=C(O)OC. The molecule has 0 aromatic carbocycles. The van der Waals surface area contributed by atoms with Gasteiger partial charge in [-0.3, -0.25) is 0 Å². The highest BCUT2D eigenvalue weighted by Gasteiger charge is 1.98. The van der Waals surface area contributed by atoms with Gasteiger partial charge < -0.3 is 14.6 Å². The minimum Gasteiger partial charge on any atom is -0.481 e. The first kappa shape index (κ1) is 9.55. The molecule has 11 heavy (non-hydrogen) atoms. The largest absolute Gasteiger partial charge is 0.481 e. The van der Waals surface area contributed by atoms with Crippen LogP contribution in [0.15, 0.2) is 24.7 Å². The van der Waals surface area contributed by atoms with Gasteiger partial charge in [-0.2, -0.15) is 0 Å². The van der Waals surface area contributed by atoms with Crippen LogP contribution >= 0.6 is 0 Å². The Morgan fingerprint density at radius 2 is 2.36 bits per heavy atom. The van der Waals surface area contributed by atoms with E-state index in [0.717, 1.165) is 6.08 Å². The zero-order chi connectivity index (χ0) is 8.69. The number of aliphatic hydroxyl groups excluding tert-OH is 1. The van der Waals surface area contributed by atoms with E-state index in [4.69, 9.17) is 5.11 Å². The lowest BCUT2D eigenvalue weighted by Gasteiger charge is -1.97. The molecular formula is C7H10O4. The molecule has 0 aliphatic heterocycles. The molecule has 0 unspecified atom stereocenters. The Balaban J connectivity index is 3.76. The van der Waals surface area contributed by atoms with Gasteiger partial charge in [-0.25, -0.2) is 4.79 Å². The summed E-state index contributed by atoms with van der Waals surface area (Å²) in [6, 6.07) is 0. The monoisotopic (exact) mass is 158 g/mol. The van der Waals surface area contributed by atoms with Crippen LogP contribution in [0.1, 0.15) is 0 Å². The third-order valence-electron chi connectivity index (χ3n) is 0.794. The molecule has 0 saturated heterocycles. The van der Waals surface area contributed by atoms with Crippen LogP contribution < -0.4 is 0 Å². The maximum atomic E-state index is 10.6. The molecule has 0 saturated carbocycles. The highest BCUT2D eigenvalue weighted by molar-refractivity contribution is 5.82. The Morgan fingerprint density at radius 3 is 2.82 bits per heavy atom. The Morgan fingerprint density at radius 1 is 1.73 bits per heavy atom. The lowest BCUT2D eigenvalue weighted by molar-refractivity contribution is -0.137. The summed E-state index contributed by atoms with van der Waals surface area (Å²) < 4.78 is 8.78. The number of methoxy groups -OCH3 is 1. The van der Waals surface area contributed by atoms with Crippen LogP contribution in [0.5, 0.6) is 0 Å². The van der Waals surface area contributed by atoms with Gasteiger partial charge in [-0.15, -0.1) is 0 Å². The number of carbonyl (C=O) groups excluding carboxylic acids is 1. The minimum atomic E-state index is -0.663. The van der Waals surface area contributed by atoms with E-state index in [1.165, 1.54) is 13.2 Å². The summed E-state index contributed by atoms with van der Waals surface area (Å²) in [6.45, 7) is 3.46. The van der Waals surface area contributed by atoms with Crippen molar-refractivity contribution in [3.63, 3.8) is 0 Å². The normalized spacial score (nSPS) is 10.5. The molecule has 0 aliphatic carbocycles. The molecule has 0 radical (unpaired) electrons. The Labute approximate surface area is 64.7 Å². The predicted octanol–water partition coefficient (Wildman–Crippen LogP) is 0.761. The third kappa shape index (κ3) is 5.02. The molecule has 0 spiro atoms. The fraction of sp³-hybridized carbons (Fsp3) is 0.286. The lowest BCUT2D eigenvalue weighted by Crippen LogP contribution is -2.02. The minimum absolute atomic E-state index is 0.117. The molecule has 0 atom stereocenters. The van der Waals surface area contributed by atoms with Crippen molar-refractivity contribution < 1.29 is 19.4 Å². The van der Waals surface area contributed by atoms with Crippen molar-refractivity contribution in [2.45, 2.75) is 0 Å². The van der Waals surface area contributed by atoms with Crippen molar-refractivity contribution in [1.29, 1.82) is 0 Å². The molecule has 0 rings (SSSR count). The number of hydrogen-bond donors (Lipinski definition) is 1. The van der Waals surface area contributed by atoms with Gasteiger partial charge in [0.05, 0.1) is 7.11 Å². The maximum absolute atomic E-state index is 10.6. The standard InChI is InChI=1S/C7H10O4/c1-3-4-11-7(9)5-6(8)10-2/h3,5,8H,1,4H2,2H3. The highest BCUT2D eigenvalue weighted by Crippen LogP contribution is 1.89. The smallest absolute Gasteiger partial charge is 0.338 e. The van der Waals surface area contributed by atoms with E-state index in [1.807, 2.05) is 0 Å². The highest BCUT2D eigenvalue weighted by atomic mass is 16.6. The molecule has 0 fully saturated rings. The third-order valence-corrected chi connectivity index (χ3v) is 0.794. The first-order valence-electron chi connectivity index (χ1n) is 2.93. The van der Waals surface area contributed by atoms with Crippen LogP contribution in [0.3, 0.4) is 0 Å². The number of rotatable bonds is 4. The van der Waals surface area contributed by atoms with Gasteiger partial charge in [0, 0.05) is 0 Å². The van der Waals surface area contributed by atoms with Gasteiger partial charge in [0.1, 0.15) is 12.7 Å². The van der Waals surface area contributed by atoms with Crippen molar-refractivity contribution in [1.82, 2.24) is 0 Å². The van der Waals surface area contributed by atoms with E-state index in [9.17, 15) is 4.79 Å². The zero-order valence-electron chi connectivity index (χ0n) is 6.24.